The molecule has 0 aromatic carbocycles. The molecule has 5 heteroatoms. The fourth-order valence-electron chi connectivity index (χ4n) is 1.61. The Morgan fingerprint density at radius 2 is 1.69 bits per heavy atom. The number of unbranched alkanes of at least 4 members (excludes halogenated alkanes) is 1. The van der Waals surface area contributed by atoms with Gasteiger partial charge in [0.25, 0.3) is 0 Å². The molecule has 0 bridgehead atoms. The SMILES string of the molecule is CCCC=CC1(CC)C(=O)NC(=O)NC1=O. The van der Waals surface area contributed by atoms with E-state index >= 15 is 0 Å². The second kappa shape index (κ2) is 4.92. The Morgan fingerprint density at radius 1 is 1.12 bits per heavy atom. The number of hydrogen-bond acceptors (Lipinski definition) is 3. The molecule has 4 amide bonds. The van der Waals surface area contributed by atoms with Crippen molar-refractivity contribution < 1.29 is 14.4 Å². The average molecular weight is 224 g/mol. The number of carbonyl (C=O) groups is 3. The van der Waals surface area contributed by atoms with E-state index in [1.54, 1.807) is 19.1 Å². The molecule has 0 unspecified atom stereocenters. The maximum atomic E-state index is 11.7. The average Bonchev–Trinajstić information content (AvgIpc) is 2.22. The van der Waals surface area contributed by atoms with Gasteiger partial charge >= 0.3 is 6.03 Å². The summed E-state index contributed by atoms with van der Waals surface area (Å²) in [5.74, 6) is -1.09. The highest BCUT2D eigenvalue weighted by molar-refractivity contribution is 6.20. The van der Waals surface area contributed by atoms with Crippen LogP contribution >= 0.6 is 0 Å². The number of urea groups is 1. The van der Waals surface area contributed by atoms with Gasteiger partial charge < -0.3 is 0 Å². The van der Waals surface area contributed by atoms with E-state index in [0.29, 0.717) is 6.42 Å². The van der Waals surface area contributed by atoms with Gasteiger partial charge in [0.1, 0.15) is 5.41 Å². The third-order valence-electron chi connectivity index (χ3n) is 2.68. The highest BCUT2D eigenvalue weighted by Crippen LogP contribution is 2.27. The van der Waals surface area contributed by atoms with Crippen LogP contribution in [0.5, 0.6) is 0 Å². The van der Waals surface area contributed by atoms with Crippen molar-refractivity contribution in [1.82, 2.24) is 10.6 Å². The lowest BCUT2D eigenvalue weighted by Crippen LogP contribution is -2.61. The highest BCUT2D eigenvalue weighted by atomic mass is 16.2. The summed E-state index contributed by atoms with van der Waals surface area (Å²) in [6.45, 7) is 3.75. The normalized spacial score (nSPS) is 19.8. The van der Waals surface area contributed by atoms with Crippen LogP contribution in [-0.4, -0.2) is 17.8 Å². The number of imide groups is 2. The number of hydrogen-bond donors (Lipinski definition) is 2. The van der Waals surface area contributed by atoms with Crippen molar-refractivity contribution in [3.05, 3.63) is 12.2 Å². The van der Waals surface area contributed by atoms with Crippen LogP contribution in [0, 0.1) is 5.41 Å². The molecule has 5 nitrogen and oxygen atoms in total. The Bertz CT molecular complexity index is 327. The topological polar surface area (TPSA) is 75.3 Å². The Kier molecular flexibility index (Phi) is 3.82. The second-order valence-electron chi connectivity index (χ2n) is 3.75. The largest absolute Gasteiger partial charge is 0.328 e. The van der Waals surface area contributed by atoms with Gasteiger partial charge in [-0.1, -0.05) is 32.4 Å². The van der Waals surface area contributed by atoms with Gasteiger partial charge in [-0.3, -0.25) is 20.2 Å². The third kappa shape index (κ3) is 2.13. The lowest BCUT2D eigenvalue weighted by Gasteiger charge is -2.30. The van der Waals surface area contributed by atoms with E-state index < -0.39 is 23.3 Å². The minimum Gasteiger partial charge on any atom is -0.277 e. The van der Waals surface area contributed by atoms with Crippen LogP contribution in [0.15, 0.2) is 12.2 Å². The summed E-state index contributed by atoms with van der Waals surface area (Å²) in [5, 5.41) is 4.23. The summed E-state index contributed by atoms with van der Waals surface area (Å²) >= 11 is 0. The van der Waals surface area contributed by atoms with Crippen molar-refractivity contribution in [2.75, 3.05) is 0 Å². The zero-order chi connectivity index (χ0) is 12.2. The van der Waals surface area contributed by atoms with E-state index in [1.807, 2.05) is 6.92 Å². The van der Waals surface area contributed by atoms with Gasteiger partial charge in [0.2, 0.25) is 11.8 Å². The van der Waals surface area contributed by atoms with Crippen LogP contribution in [0.2, 0.25) is 0 Å². The molecule has 88 valence electrons. The third-order valence-corrected chi connectivity index (χ3v) is 2.68. The predicted octanol–water partition coefficient (Wildman–Crippen LogP) is 1.11. The first-order valence-corrected chi connectivity index (χ1v) is 5.41. The number of barbiturate groups is 1. The molecule has 16 heavy (non-hydrogen) atoms. The Hall–Kier alpha value is -1.65. The number of carbonyl (C=O) groups excluding carboxylic acids is 3. The fraction of sp³-hybridized carbons (Fsp3) is 0.545. The molecule has 1 heterocycles. The molecule has 0 aliphatic carbocycles. The lowest BCUT2D eigenvalue weighted by atomic mass is 9.81. The monoisotopic (exact) mass is 224 g/mol. The summed E-state index contributed by atoms with van der Waals surface area (Å²) in [6.07, 6.45) is 5.47. The molecule has 0 atom stereocenters. The van der Waals surface area contributed by atoms with E-state index in [0.717, 1.165) is 12.8 Å². The van der Waals surface area contributed by atoms with E-state index in [-0.39, 0.29) is 0 Å². The van der Waals surface area contributed by atoms with Crippen molar-refractivity contribution >= 4 is 17.8 Å². The molecule has 1 aliphatic rings. The molecular formula is C11H16N2O3. The van der Waals surface area contributed by atoms with Crippen molar-refractivity contribution in [1.29, 1.82) is 0 Å². The van der Waals surface area contributed by atoms with E-state index in [4.69, 9.17) is 0 Å². The quantitative estimate of drug-likeness (QED) is 0.554. The van der Waals surface area contributed by atoms with Crippen LogP contribution in [-0.2, 0) is 9.59 Å². The Morgan fingerprint density at radius 3 is 2.12 bits per heavy atom. The first-order chi connectivity index (χ1) is 7.56. The molecule has 1 aliphatic heterocycles. The van der Waals surface area contributed by atoms with Gasteiger partial charge in [-0.25, -0.2) is 4.79 Å². The second-order valence-corrected chi connectivity index (χ2v) is 3.75. The zero-order valence-electron chi connectivity index (χ0n) is 9.50. The molecule has 0 spiro atoms. The van der Waals surface area contributed by atoms with Gasteiger partial charge in [0, 0.05) is 0 Å². The van der Waals surface area contributed by atoms with Crippen molar-refractivity contribution in [2.24, 2.45) is 5.41 Å². The van der Waals surface area contributed by atoms with Gasteiger partial charge in [-0.2, -0.15) is 0 Å². The van der Waals surface area contributed by atoms with E-state index in [9.17, 15) is 14.4 Å². The summed E-state index contributed by atoms with van der Waals surface area (Å²) in [4.78, 5) is 34.4. The summed E-state index contributed by atoms with van der Waals surface area (Å²) < 4.78 is 0. The van der Waals surface area contributed by atoms with Crippen molar-refractivity contribution in [3.63, 3.8) is 0 Å². The molecule has 0 radical (unpaired) electrons. The van der Waals surface area contributed by atoms with Crippen LogP contribution in [0.4, 0.5) is 4.79 Å². The van der Waals surface area contributed by atoms with Crippen LogP contribution in [0.25, 0.3) is 0 Å². The molecule has 1 fully saturated rings. The Balaban J connectivity index is 2.96. The fourth-order valence-corrected chi connectivity index (χ4v) is 1.61. The number of rotatable bonds is 4. The summed E-state index contributed by atoms with van der Waals surface area (Å²) in [6, 6.07) is -0.747. The van der Waals surface area contributed by atoms with Crippen molar-refractivity contribution in [2.45, 2.75) is 33.1 Å². The molecule has 0 aromatic heterocycles. The minimum absolute atomic E-state index is 0.332. The Labute approximate surface area is 94.3 Å². The first-order valence-electron chi connectivity index (χ1n) is 5.41. The van der Waals surface area contributed by atoms with Crippen LogP contribution in [0.1, 0.15) is 33.1 Å². The van der Waals surface area contributed by atoms with Gasteiger partial charge in [0.05, 0.1) is 0 Å². The van der Waals surface area contributed by atoms with Gasteiger partial charge in [0.15, 0.2) is 0 Å². The van der Waals surface area contributed by atoms with Gasteiger partial charge in [-0.05, 0) is 12.8 Å². The smallest absolute Gasteiger partial charge is 0.277 e. The molecule has 2 N–H and O–H groups in total. The van der Waals surface area contributed by atoms with E-state index in [1.165, 1.54) is 0 Å². The maximum absolute atomic E-state index is 11.7. The highest BCUT2D eigenvalue weighted by Gasteiger charge is 2.46. The number of nitrogens with one attached hydrogen (secondary N) is 2. The molecule has 0 aromatic rings. The molecule has 0 saturated carbocycles. The zero-order valence-corrected chi connectivity index (χ0v) is 9.50. The lowest BCUT2D eigenvalue weighted by molar-refractivity contribution is -0.141. The standard InChI is InChI=1S/C11H16N2O3/c1-3-5-6-7-11(4-2)8(14)12-10(16)13-9(11)15/h6-7H,3-5H2,1-2H3,(H2,12,13,14,15,16). The molecule has 1 saturated heterocycles. The van der Waals surface area contributed by atoms with Crippen LogP contribution in [0.3, 0.4) is 0 Å². The molecule has 1 rings (SSSR count). The first kappa shape index (κ1) is 12.4. The van der Waals surface area contributed by atoms with E-state index in [2.05, 4.69) is 10.6 Å². The summed E-state index contributed by atoms with van der Waals surface area (Å²) in [5.41, 5.74) is -1.23. The predicted molar refractivity (Wildman–Crippen MR) is 58.5 cm³/mol. The minimum atomic E-state index is -1.23. The van der Waals surface area contributed by atoms with Gasteiger partial charge in [-0.15, -0.1) is 0 Å². The maximum Gasteiger partial charge on any atom is 0.328 e. The molecular weight excluding hydrogens is 208 g/mol. The van der Waals surface area contributed by atoms with Crippen LogP contribution < -0.4 is 10.6 Å². The number of allylic oxidation sites excluding steroid dienone is 1. The number of amides is 4. The van der Waals surface area contributed by atoms with Crippen molar-refractivity contribution in [3.8, 4) is 0 Å². The summed E-state index contributed by atoms with van der Waals surface area (Å²) in [7, 11) is 0.